The predicted molar refractivity (Wildman–Crippen MR) is 106 cm³/mol. The topological polar surface area (TPSA) is 55.8 Å². The molecule has 0 bridgehead atoms. The summed E-state index contributed by atoms with van der Waals surface area (Å²) in [6.07, 6.45) is 2.98. The molecule has 2 heterocycles. The fraction of sp³-hybridized carbons (Fsp3) is 0.684. The highest BCUT2D eigenvalue weighted by molar-refractivity contribution is 5.80. The minimum absolute atomic E-state index is 0.417. The minimum atomic E-state index is 0.417. The molecule has 0 spiro atoms. The van der Waals surface area contributed by atoms with E-state index >= 15 is 0 Å². The zero-order chi connectivity index (χ0) is 18.1. The lowest BCUT2D eigenvalue weighted by molar-refractivity contribution is 0.270. The summed E-state index contributed by atoms with van der Waals surface area (Å²) in [6, 6.07) is 4.65. The summed E-state index contributed by atoms with van der Waals surface area (Å²) >= 11 is 0. The molecule has 6 heteroatoms. The van der Waals surface area contributed by atoms with Crippen LogP contribution in [0.4, 0.5) is 5.82 Å². The maximum Gasteiger partial charge on any atom is 0.191 e. The van der Waals surface area contributed by atoms with Crippen molar-refractivity contribution >= 4 is 11.8 Å². The largest absolute Gasteiger partial charge is 0.357 e. The minimum Gasteiger partial charge on any atom is -0.357 e. The van der Waals surface area contributed by atoms with Gasteiger partial charge in [-0.3, -0.25) is 0 Å². The monoisotopic (exact) mass is 346 g/mol. The highest BCUT2D eigenvalue weighted by Gasteiger charge is 2.16. The number of pyridine rings is 1. The summed E-state index contributed by atoms with van der Waals surface area (Å²) in [6.45, 7) is 15.7. The molecule has 2 N–H and O–H groups in total. The first kappa shape index (κ1) is 19.5. The van der Waals surface area contributed by atoms with Gasteiger partial charge < -0.3 is 20.4 Å². The van der Waals surface area contributed by atoms with Crippen LogP contribution in [0.25, 0.3) is 0 Å². The number of nitrogens with one attached hydrogen (secondary N) is 2. The number of aromatic nitrogens is 1. The van der Waals surface area contributed by atoms with E-state index in [4.69, 9.17) is 4.99 Å². The molecule has 1 aromatic rings. The zero-order valence-corrected chi connectivity index (χ0v) is 16.3. The first-order valence-corrected chi connectivity index (χ1v) is 9.63. The molecular weight excluding hydrogens is 312 g/mol. The van der Waals surface area contributed by atoms with Crippen LogP contribution in [-0.4, -0.2) is 61.2 Å². The average molecular weight is 347 g/mol. The van der Waals surface area contributed by atoms with E-state index in [9.17, 15) is 0 Å². The number of aliphatic imine (C=N–C) groups is 1. The Bertz CT molecular complexity index is 536. The zero-order valence-electron chi connectivity index (χ0n) is 16.3. The van der Waals surface area contributed by atoms with Crippen molar-refractivity contribution in [2.45, 2.75) is 46.7 Å². The number of hydrogen-bond acceptors (Lipinski definition) is 4. The van der Waals surface area contributed by atoms with Crippen LogP contribution in [0.2, 0.25) is 0 Å². The highest BCUT2D eigenvalue weighted by atomic mass is 15.3. The van der Waals surface area contributed by atoms with Gasteiger partial charge in [0.1, 0.15) is 5.82 Å². The van der Waals surface area contributed by atoms with Gasteiger partial charge >= 0.3 is 0 Å². The number of hydrogen-bond donors (Lipinski definition) is 2. The van der Waals surface area contributed by atoms with E-state index in [1.54, 1.807) is 0 Å². The van der Waals surface area contributed by atoms with E-state index in [0.29, 0.717) is 12.6 Å². The smallest absolute Gasteiger partial charge is 0.191 e. The summed E-state index contributed by atoms with van der Waals surface area (Å²) in [7, 11) is 0. The third-order valence-electron chi connectivity index (χ3n) is 4.71. The van der Waals surface area contributed by atoms with Crippen molar-refractivity contribution in [3.63, 3.8) is 0 Å². The predicted octanol–water partition coefficient (Wildman–Crippen LogP) is 2.08. The lowest BCUT2D eigenvalue weighted by Crippen LogP contribution is -2.46. The van der Waals surface area contributed by atoms with Crippen LogP contribution in [0.15, 0.2) is 23.3 Å². The van der Waals surface area contributed by atoms with Crippen LogP contribution in [0.5, 0.6) is 0 Å². The second-order valence-electron chi connectivity index (χ2n) is 6.59. The maximum atomic E-state index is 4.72. The Balaban J connectivity index is 1.99. The molecule has 2 rings (SSSR count). The molecule has 0 aliphatic carbocycles. The maximum absolute atomic E-state index is 4.72. The first-order chi connectivity index (χ1) is 12.2. The standard InChI is InChI=1S/C19H34N6/c1-5-16(4)23-19(20-6-2)22-15-17-8-9-21-18(14-17)25-12-10-24(7-3)11-13-25/h8-9,14,16H,5-7,10-13,15H2,1-4H3,(H2,20,22,23). The summed E-state index contributed by atoms with van der Waals surface area (Å²) < 4.78 is 0. The van der Waals surface area contributed by atoms with Gasteiger partial charge in [-0.05, 0) is 44.5 Å². The molecule has 6 nitrogen and oxygen atoms in total. The number of guanidine groups is 1. The first-order valence-electron chi connectivity index (χ1n) is 9.63. The Hall–Kier alpha value is -1.82. The molecule has 0 aromatic carbocycles. The van der Waals surface area contributed by atoms with Crippen molar-refractivity contribution in [1.29, 1.82) is 0 Å². The van der Waals surface area contributed by atoms with Crippen molar-refractivity contribution in [1.82, 2.24) is 20.5 Å². The number of piperazine rings is 1. The molecule has 0 radical (unpaired) electrons. The van der Waals surface area contributed by atoms with E-state index in [1.807, 2.05) is 6.20 Å². The van der Waals surface area contributed by atoms with Crippen molar-refractivity contribution in [2.24, 2.45) is 4.99 Å². The number of likely N-dealkylation sites (N-methyl/N-ethyl adjacent to an activating group) is 1. The van der Waals surface area contributed by atoms with Crippen molar-refractivity contribution in [2.75, 3.05) is 44.2 Å². The van der Waals surface area contributed by atoms with Crippen LogP contribution >= 0.6 is 0 Å². The third-order valence-corrected chi connectivity index (χ3v) is 4.71. The number of rotatable bonds is 7. The SMILES string of the molecule is CCNC(=NCc1ccnc(N2CCN(CC)CC2)c1)NC(C)CC. The van der Waals surface area contributed by atoms with Crippen LogP contribution in [0.3, 0.4) is 0 Å². The van der Waals surface area contributed by atoms with Gasteiger partial charge in [0, 0.05) is 45.0 Å². The van der Waals surface area contributed by atoms with Gasteiger partial charge in [0.2, 0.25) is 0 Å². The lowest BCUT2D eigenvalue weighted by atomic mass is 10.2. The molecule has 25 heavy (non-hydrogen) atoms. The van der Waals surface area contributed by atoms with E-state index < -0.39 is 0 Å². The van der Waals surface area contributed by atoms with E-state index in [1.165, 1.54) is 5.56 Å². The van der Waals surface area contributed by atoms with Gasteiger partial charge in [0.05, 0.1) is 6.54 Å². The van der Waals surface area contributed by atoms with Crippen molar-refractivity contribution in [3.05, 3.63) is 23.9 Å². The van der Waals surface area contributed by atoms with Crippen molar-refractivity contribution < 1.29 is 0 Å². The van der Waals surface area contributed by atoms with Gasteiger partial charge in [0.15, 0.2) is 5.96 Å². The number of nitrogens with zero attached hydrogens (tertiary/aromatic N) is 4. The quantitative estimate of drug-likeness (QED) is 0.585. The molecule has 1 saturated heterocycles. The Morgan fingerprint density at radius 3 is 2.64 bits per heavy atom. The number of anilines is 1. The molecule has 0 saturated carbocycles. The molecular formula is C19H34N6. The Morgan fingerprint density at radius 1 is 1.24 bits per heavy atom. The van der Waals surface area contributed by atoms with Crippen LogP contribution in [0, 0.1) is 0 Å². The van der Waals surface area contributed by atoms with Crippen LogP contribution < -0.4 is 15.5 Å². The average Bonchev–Trinajstić information content (AvgIpc) is 2.66. The highest BCUT2D eigenvalue weighted by Crippen LogP contribution is 2.15. The van der Waals surface area contributed by atoms with E-state index in [0.717, 1.165) is 57.5 Å². The normalized spacial score (nSPS) is 17.4. The Kier molecular flexibility index (Phi) is 7.98. The second kappa shape index (κ2) is 10.2. The van der Waals surface area contributed by atoms with Crippen LogP contribution in [0.1, 0.15) is 39.7 Å². The third kappa shape index (κ3) is 6.20. The summed E-state index contributed by atoms with van der Waals surface area (Å²) in [5.74, 6) is 1.95. The molecule has 1 atom stereocenters. The molecule has 1 aromatic heterocycles. The summed E-state index contributed by atoms with van der Waals surface area (Å²) in [5, 5.41) is 6.75. The molecule has 1 unspecified atom stereocenters. The molecule has 140 valence electrons. The van der Waals surface area contributed by atoms with Gasteiger partial charge in [-0.1, -0.05) is 13.8 Å². The molecule has 1 fully saturated rings. The molecule has 1 aliphatic heterocycles. The Morgan fingerprint density at radius 2 is 2.00 bits per heavy atom. The van der Waals surface area contributed by atoms with Gasteiger partial charge in [-0.2, -0.15) is 0 Å². The summed E-state index contributed by atoms with van der Waals surface area (Å²) in [5.41, 5.74) is 1.20. The molecule has 1 aliphatic rings. The Labute approximate surface area is 152 Å². The van der Waals surface area contributed by atoms with Gasteiger partial charge in [-0.25, -0.2) is 9.98 Å². The fourth-order valence-electron chi connectivity index (χ4n) is 2.85. The lowest BCUT2D eigenvalue weighted by Gasteiger charge is -2.34. The van der Waals surface area contributed by atoms with E-state index in [-0.39, 0.29) is 0 Å². The van der Waals surface area contributed by atoms with Crippen molar-refractivity contribution in [3.8, 4) is 0 Å². The summed E-state index contributed by atoms with van der Waals surface area (Å²) in [4.78, 5) is 14.1. The fourth-order valence-corrected chi connectivity index (χ4v) is 2.85. The van der Waals surface area contributed by atoms with Gasteiger partial charge in [-0.15, -0.1) is 0 Å². The molecule has 0 amide bonds. The van der Waals surface area contributed by atoms with E-state index in [2.05, 4.69) is 65.2 Å². The second-order valence-corrected chi connectivity index (χ2v) is 6.59. The van der Waals surface area contributed by atoms with Gasteiger partial charge in [0.25, 0.3) is 0 Å². The van der Waals surface area contributed by atoms with Crippen LogP contribution in [-0.2, 0) is 6.54 Å².